The van der Waals surface area contributed by atoms with Gasteiger partial charge in [-0.25, -0.2) is 0 Å². The van der Waals surface area contributed by atoms with Gasteiger partial charge in [0, 0.05) is 20.2 Å². The van der Waals surface area contributed by atoms with E-state index < -0.39 is 0 Å². The van der Waals surface area contributed by atoms with Crippen molar-refractivity contribution in [2.45, 2.75) is 25.4 Å². The average Bonchev–Trinajstić information content (AvgIpc) is 2.36. The second-order valence-electron chi connectivity index (χ2n) is 4.11. The van der Waals surface area contributed by atoms with Crippen LogP contribution in [0.3, 0.4) is 0 Å². The average molecular weight is 222 g/mol. The molecule has 0 aliphatic heterocycles. The fourth-order valence-electron chi connectivity index (χ4n) is 1.72. The van der Waals surface area contributed by atoms with Gasteiger partial charge in [0.1, 0.15) is 0 Å². The normalized spacial score (nSPS) is 14.7. The van der Waals surface area contributed by atoms with Crippen molar-refractivity contribution in [2.24, 2.45) is 5.73 Å². The molecule has 0 aromatic heterocycles. The van der Waals surface area contributed by atoms with E-state index in [-0.39, 0.29) is 5.54 Å². The monoisotopic (exact) mass is 222 g/mol. The molecule has 3 N–H and O–H groups in total. The summed E-state index contributed by atoms with van der Waals surface area (Å²) in [4.78, 5) is 0. The van der Waals surface area contributed by atoms with E-state index in [0.717, 1.165) is 13.0 Å². The molecule has 1 aromatic rings. The molecule has 16 heavy (non-hydrogen) atoms. The fourth-order valence-corrected chi connectivity index (χ4v) is 1.72. The summed E-state index contributed by atoms with van der Waals surface area (Å²) in [6.07, 6.45) is 0.962. The van der Waals surface area contributed by atoms with E-state index in [1.165, 1.54) is 5.56 Å². The van der Waals surface area contributed by atoms with Gasteiger partial charge in [0.25, 0.3) is 0 Å². The molecule has 0 fully saturated rings. The van der Waals surface area contributed by atoms with Crippen molar-refractivity contribution >= 4 is 0 Å². The van der Waals surface area contributed by atoms with Gasteiger partial charge in [0.2, 0.25) is 0 Å². The predicted octanol–water partition coefficient (Wildman–Crippen LogP) is 1.53. The largest absolute Gasteiger partial charge is 0.383 e. The molecule has 0 bridgehead atoms. The number of hydrogen-bond donors (Lipinski definition) is 2. The van der Waals surface area contributed by atoms with Crippen LogP contribution in [0, 0.1) is 0 Å². The second-order valence-corrected chi connectivity index (χ2v) is 4.11. The molecule has 0 spiro atoms. The number of rotatable bonds is 7. The number of benzene rings is 1. The molecule has 0 amide bonds. The number of ether oxygens (including phenoxy) is 1. The summed E-state index contributed by atoms with van der Waals surface area (Å²) in [5.74, 6) is 0. The Morgan fingerprint density at radius 1 is 1.31 bits per heavy atom. The van der Waals surface area contributed by atoms with E-state index >= 15 is 0 Å². The van der Waals surface area contributed by atoms with E-state index in [4.69, 9.17) is 10.5 Å². The second kappa shape index (κ2) is 6.63. The molecule has 0 saturated carbocycles. The zero-order valence-corrected chi connectivity index (χ0v) is 10.2. The smallest absolute Gasteiger partial charge is 0.0656 e. The zero-order chi connectivity index (χ0) is 11.9. The van der Waals surface area contributed by atoms with Crippen LogP contribution in [0.1, 0.15) is 18.9 Å². The van der Waals surface area contributed by atoms with Crippen LogP contribution in [-0.4, -0.2) is 25.8 Å². The van der Waals surface area contributed by atoms with Gasteiger partial charge in [-0.05, 0) is 12.0 Å². The third kappa shape index (κ3) is 3.59. The maximum absolute atomic E-state index is 5.83. The first kappa shape index (κ1) is 13.2. The standard InChI is InChI=1S/C13H22N2O/c1-3-13(10-14,11-16-2)15-9-12-7-5-4-6-8-12/h4-8,15H,3,9-11,14H2,1-2H3. The third-order valence-corrected chi connectivity index (χ3v) is 3.00. The maximum Gasteiger partial charge on any atom is 0.0656 e. The lowest BCUT2D eigenvalue weighted by atomic mass is 9.97. The van der Waals surface area contributed by atoms with Crippen LogP contribution in [0.15, 0.2) is 30.3 Å². The molecular formula is C13H22N2O. The lowest BCUT2D eigenvalue weighted by Crippen LogP contribution is -2.53. The van der Waals surface area contributed by atoms with Crippen molar-refractivity contribution in [1.82, 2.24) is 5.32 Å². The molecule has 1 aromatic carbocycles. The van der Waals surface area contributed by atoms with Gasteiger partial charge in [-0.3, -0.25) is 0 Å². The van der Waals surface area contributed by atoms with Gasteiger partial charge in [-0.2, -0.15) is 0 Å². The van der Waals surface area contributed by atoms with E-state index in [1.54, 1.807) is 7.11 Å². The lowest BCUT2D eigenvalue weighted by Gasteiger charge is -2.32. The van der Waals surface area contributed by atoms with Crippen molar-refractivity contribution in [3.63, 3.8) is 0 Å². The van der Waals surface area contributed by atoms with Crippen molar-refractivity contribution in [3.05, 3.63) is 35.9 Å². The van der Waals surface area contributed by atoms with Crippen molar-refractivity contribution in [2.75, 3.05) is 20.3 Å². The highest BCUT2D eigenvalue weighted by Crippen LogP contribution is 2.10. The Morgan fingerprint density at radius 3 is 2.50 bits per heavy atom. The highest BCUT2D eigenvalue weighted by molar-refractivity contribution is 5.14. The Kier molecular flexibility index (Phi) is 5.46. The first-order valence-corrected chi connectivity index (χ1v) is 5.74. The highest BCUT2D eigenvalue weighted by Gasteiger charge is 2.25. The van der Waals surface area contributed by atoms with Gasteiger partial charge in [-0.15, -0.1) is 0 Å². The van der Waals surface area contributed by atoms with Crippen LogP contribution in [0.2, 0.25) is 0 Å². The molecule has 0 aliphatic rings. The van der Waals surface area contributed by atoms with Crippen LogP contribution in [0.4, 0.5) is 0 Å². The van der Waals surface area contributed by atoms with Gasteiger partial charge in [0.05, 0.1) is 12.1 Å². The summed E-state index contributed by atoms with van der Waals surface area (Å²) < 4.78 is 5.24. The molecule has 0 heterocycles. The number of methoxy groups -OCH3 is 1. The first-order chi connectivity index (χ1) is 7.76. The Bertz CT molecular complexity index is 283. The van der Waals surface area contributed by atoms with E-state index in [2.05, 4.69) is 24.4 Å². The zero-order valence-electron chi connectivity index (χ0n) is 10.2. The summed E-state index contributed by atoms with van der Waals surface area (Å²) in [6.45, 7) is 4.19. The van der Waals surface area contributed by atoms with Crippen LogP contribution in [-0.2, 0) is 11.3 Å². The molecule has 1 atom stereocenters. The van der Waals surface area contributed by atoms with Crippen LogP contribution in [0.25, 0.3) is 0 Å². The van der Waals surface area contributed by atoms with Gasteiger partial charge < -0.3 is 15.8 Å². The van der Waals surface area contributed by atoms with Crippen LogP contribution in [0.5, 0.6) is 0 Å². The Morgan fingerprint density at radius 2 is 2.00 bits per heavy atom. The number of hydrogen-bond acceptors (Lipinski definition) is 3. The molecule has 90 valence electrons. The molecule has 1 rings (SSSR count). The molecule has 0 aliphatic carbocycles. The minimum absolute atomic E-state index is 0.107. The Hall–Kier alpha value is -0.900. The third-order valence-electron chi connectivity index (χ3n) is 3.00. The number of nitrogens with one attached hydrogen (secondary N) is 1. The highest BCUT2D eigenvalue weighted by atomic mass is 16.5. The summed E-state index contributed by atoms with van der Waals surface area (Å²) >= 11 is 0. The predicted molar refractivity (Wildman–Crippen MR) is 67.2 cm³/mol. The summed E-state index contributed by atoms with van der Waals surface area (Å²) in [5, 5.41) is 3.50. The van der Waals surface area contributed by atoms with Crippen molar-refractivity contribution in [3.8, 4) is 0 Å². The summed E-state index contributed by atoms with van der Waals surface area (Å²) in [6, 6.07) is 10.3. The van der Waals surface area contributed by atoms with E-state index in [1.807, 2.05) is 18.2 Å². The minimum atomic E-state index is -0.107. The first-order valence-electron chi connectivity index (χ1n) is 5.74. The number of nitrogens with two attached hydrogens (primary N) is 1. The van der Waals surface area contributed by atoms with Gasteiger partial charge in [-0.1, -0.05) is 37.3 Å². The maximum atomic E-state index is 5.83. The Balaban J connectivity index is 2.56. The van der Waals surface area contributed by atoms with Crippen LogP contribution >= 0.6 is 0 Å². The quantitative estimate of drug-likeness (QED) is 0.735. The van der Waals surface area contributed by atoms with Crippen LogP contribution < -0.4 is 11.1 Å². The SMILES string of the molecule is CCC(CN)(COC)NCc1ccccc1. The van der Waals surface area contributed by atoms with Crippen molar-refractivity contribution < 1.29 is 4.74 Å². The molecule has 3 nitrogen and oxygen atoms in total. The fraction of sp³-hybridized carbons (Fsp3) is 0.538. The summed E-state index contributed by atoms with van der Waals surface area (Å²) in [7, 11) is 1.71. The molecular weight excluding hydrogens is 200 g/mol. The van der Waals surface area contributed by atoms with E-state index in [0.29, 0.717) is 13.2 Å². The van der Waals surface area contributed by atoms with Gasteiger partial charge >= 0.3 is 0 Å². The van der Waals surface area contributed by atoms with Gasteiger partial charge in [0.15, 0.2) is 0 Å². The Labute approximate surface area is 98.0 Å². The topological polar surface area (TPSA) is 47.3 Å². The van der Waals surface area contributed by atoms with Crippen molar-refractivity contribution in [1.29, 1.82) is 0 Å². The lowest BCUT2D eigenvalue weighted by molar-refractivity contribution is 0.109. The molecule has 0 saturated heterocycles. The minimum Gasteiger partial charge on any atom is -0.383 e. The van der Waals surface area contributed by atoms with E-state index in [9.17, 15) is 0 Å². The molecule has 3 heteroatoms. The molecule has 0 radical (unpaired) electrons. The molecule has 1 unspecified atom stereocenters. The summed E-state index contributed by atoms with van der Waals surface area (Å²) in [5.41, 5.74) is 6.99.